The minimum absolute atomic E-state index is 0.0979. The van der Waals surface area contributed by atoms with Gasteiger partial charge in [0.1, 0.15) is 12.3 Å². The summed E-state index contributed by atoms with van der Waals surface area (Å²) in [4.78, 5) is 36.4. The number of nitrogens with zero attached hydrogens (tertiary/aromatic N) is 2. The highest BCUT2D eigenvalue weighted by atomic mass is 16.5. The average molecular weight is 382 g/mol. The molecule has 0 saturated carbocycles. The number of Topliss-reactive ketones (excluding diaryl/α,β-unsaturated/α-hetero) is 1. The molecule has 28 heavy (non-hydrogen) atoms. The first-order valence-electron chi connectivity index (χ1n) is 8.49. The van der Waals surface area contributed by atoms with Crippen molar-refractivity contribution in [1.29, 1.82) is 0 Å². The Hall–Kier alpha value is -3.68. The Labute approximate surface area is 160 Å². The van der Waals surface area contributed by atoms with Crippen molar-refractivity contribution in [2.75, 3.05) is 7.11 Å². The third kappa shape index (κ3) is 4.35. The van der Waals surface area contributed by atoms with Crippen LogP contribution < -0.4 is 10.5 Å². The number of carbonyl (C=O) groups excluding carboxylic acids is 2. The Morgan fingerprint density at radius 2 is 1.79 bits per heavy atom. The summed E-state index contributed by atoms with van der Waals surface area (Å²) in [5.41, 5.74) is 0.987. The second-order valence-corrected chi connectivity index (χ2v) is 5.92. The van der Waals surface area contributed by atoms with E-state index < -0.39 is 24.4 Å². The number of hydrogen-bond acceptors (Lipinski definition) is 7. The first-order valence-corrected chi connectivity index (χ1v) is 8.49. The van der Waals surface area contributed by atoms with Crippen LogP contribution in [0, 0.1) is 0 Å². The molecule has 3 aromatic rings. The summed E-state index contributed by atoms with van der Waals surface area (Å²) < 4.78 is 16.1. The van der Waals surface area contributed by atoms with Crippen LogP contribution >= 0.6 is 0 Å². The smallest absolute Gasteiger partial charge is 0.437 e. The van der Waals surface area contributed by atoms with E-state index in [1.165, 1.54) is 14.0 Å². The van der Waals surface area contributed by atoms with Crippen molar-refractivity contribution in [2.24, 2.45) is 0 Å². The normalized spacial score (nSPS) is 11.6. The van der Waals surface area contributed by atoms with Crippen LogP contribution in [0.25, 0.3) is 11.5 Å². The lowest BCUT2D eigenvalue weighted by molar-refractivity contribution is -0.147. The highest BCUT2D eigenvalue weighted by molar-refractivity contribution is 6.00. The van der Waals surface area contributed by atoms with Crippen LogP contribution in [0.15, 0.2) is 63.8 Å². The van der Waals surface area contributed by atoms with Crippen LogP contribution in [0.5, 0.6) is 5.75 Å². The molecule has 0 saturated heterocycles. The molecule has 8 heteroatoms. The lowest BCUT2D eigenvalue weighted by Crippen LogP contribution is -2.29. The van der Waals surface area contributed by atoms with Gasteiger partial charge in [-0.1, -0.05) is 18.2 Å². The number of benzene rings is 2. The molecule has 0 amide bonds. The van der Waals surface area contributed by atoms with E-state index in [1.807, 2.05) is 6.07 Å². The van der Waals surface area contributed by atoms with E-state index in [4.69, 9.17) is 13.9 Å². The lowest BCUT2D eigenvalue weighted by atomic mass is 10.1. The maximum Gasteiger partial charge on any atom is 0.437 e. The van der Waals surface area contributed by atoms with Gasteiger partial charge in [-0.3, -0.25) is 9.59 Å². The van der Waals surface area contributed by atoms with E-state index in [2.05, 4.69) is 5.10 Å². The Bertz CT molecular complexity index is 1020. The molecule has 2 aromatic carbocycles. The minimum Gasteiger partial charge on any atom is -0.497 e. The number of carbonyl (C=O) groups is 2. The zero-order valence-corrected chi connectivity index (χ0v) is 15.3. The first kappa shape index (κ1) is 19.1. The van der Waals surface area contributed by atoms with Gasteiger partial charge in [0.2, 0.25) is 11.7 Å². The zero-order valence-electron chi connectivity index (χ0n) is 15.3. The summed E-state index contributed by atoms with van der Waals surface area (Å²) in [6.45, 7) is 1.00. The number of ketones is 1. The van der Waals surface area contributed by atoms with Crippen LogP contribution in [0.4, 0.5) is 0 Å². The molecule has 0 aliphatic heterocycles. The Morgan fingerprint density at radius 3 is 2.43 bits per heavy atom. The van der Waals surface area contributed by atoms with Crippen molar-refractivity contribution < 1.29 is 23.5 Å². The molecule has 0 aliphatic carbocycles. The zero-order chi connectivity index (χ0) is 20.1. The fourth-order valence-electron chi connectivity index (χ4n) is 2.50. The number of methoxy groups -OCH3 is 1. The van der Waals surface area contributed by atoms with Crippen LogP contribution in [0.2, 0.25) is 0 Å². The van der Waals surface area contributed by atoms with Gasteiger partial charge in [-0.2, -0.15) is 4.68 Å². The maximum atomic E-state index is 12.4. The summed E-state index contributed by atoms with van der Waals surface area (Å²) in [6, 6.07) is 15.3. The molecule has 8 nitrogen and oxygen atoms in total. The van der Waals surface area contributed by atoms with Crippen molar-refractivity contribution in [1.82, 2.24) is 9.78 Å². The second kappa shape index (κ2) is 8.34. The fraction of sp³-hybridized carbons (Fsp3) is 0.200. The van der Waals surface area contributed by atoms with Crippen molar-refractivity contribution >= 4 is 11.8 Å². The number of rotatable bonds is 7. The SMILES string of the molecule is COc1ccc(C(=O)[C@H](C)OC(=O)Cn2nc(-c3ccccc3)oc2=O)cc1. The predicted molar refractivity (Wildman–Crippen MR) is 99.1 cm³/mol. The molecule has 0 aliphatic rings. The van der Waals surface area contributed by atoms with Gasteiger partial charge in [-0.25, -0.2) is 4.79 Å². The molecule has 1 aromatic heterocycles. The van der Waals surface area contributed by atoms with E-state index in [-0.39, 0.29) is 11.7 Å². The summed E-state index contributed by atoms with van der Waals surface area (Å²) in [5.74, 6) is -1.22. The van der Waals surface area contributed by atoms with E-state index in [1.54, 1.807) is 48.5 Å². The largest absolute Gasteiger partial charge is 0.497 e. The molecule has 0 unspecified atom stereocenters. The highest BCUT2D eigenvalue weighted by Gasteiger charge is 2.21. The second-order valence-electron chi connectivity index (χ2n) is 5.92. The van der Waals surface area contributed by atoms with Gasteiger partial charge >= 0.3 is 11.7 Å². The summed E-state index contributed by atoms with van der Waals surface area (Å²) in [7, 11) is 1.52. The third-order valence-corrected chi connectivity index (χ3v) is 3.96. The van der Waals surface area contributed by atoms with E-state index in [0.29, 0.717) is 16.9 Å². The molecule has 144 valence electrons. The molecule has 3 rings (SSSR count). The third-order valence-electron chi connectivity index (χ3n) is 3.96. The van der Waals surface area contributed by atoms with Crippen LogP contribution in [0.3, 0.4) is 0 Å². The Kier molecular flexibility index (Phi) is 5.69. The molecular formula is C20H18N2O6. The van der Waals surface area contributed by atoms with Gasteiger partial charge in [-0.05, 0) is 43.3 Å². The predicted octanol–water partition coefficient (Wildman–Crippen LogP) is 2.33. The molecule has 1 heterocycles. The van der Waals surface area contributed by atoms with Gasteiger partial charge in [0.15, 0.2) is 6.10 Å². The highest BCUT2D eigenvalue weighted by Crippen LogP contribution is 2.15. The first-order chi connectivity index (χ1) is 13.5. The molecule has 0 fully saturated rings. The quantitative estimate of drug-likeness (QED) is 0.457. The summed E-state index contributed by atoms with van der Waals surface area (Å²) in [5, 5.41) is 3.99. The van der Waals surface area contributed by atoms with Crippen molar-refractivity contribution in [3.05, 3.63) is 70.7 Å². The van der Waals surface area contributed by atoms with Crippen LogP contribution in [-0.4, -0.2) is 34.7 Å². The average Bonchev–Trinajstić information content (AvgIpc) is 3.08. The van der Waals surface area contributed by atoms with Crippen molar-refractivity contribution in [3.63, 3.8) is 0 Å². The molecular weight excluding hydrogens is 364 g/mol. The van der Waals surface area contributed by atoms with Crippen molar-refractivity contribution in [2.45, 2.75) is 19.6 Å². The van der Waals surface area contributed by atoms with Crippen LogP contribution in [-0.2, 0) is 16.1 Å². The number of esters is 1. The van der Waals surface area contributed by atoms with E-state index in [9.17, 15) is 14.4 Å². The van der Waals surface area contributed by atoms with Crippen LogP contribution in [0.1, 0.15) is 17.3 Å². The summed E-state index contributed by atoms with van der Waals surface area (Å²) >= 11 is 0. The minimum atomic E-state index is -1.02. The molecule has 0 spiro atoms. The van der Waals surface area contributed by atoms with Gasteiger partial charge < -0.3 is 13.9 Å². The van der Waals surface area contributed by atoms with Gasteiger partial charge in [-0.15, -0.1) is 5.10 Å². The van der Waals surface area contributed by atoms with Gasteiger partial charge in [0.25, 0.3) is 0 Å². The van der Waals surface area contributed by atoms with Gasteiger partial charge in [0.05, 0.1) is 7.11 Å². The molecule has 0 bridgehead atoms. The standard InChI is InChI=1S/C20H18N2O6/c1-13(18(24)14-8-10-16(26-2)11-9-14)27-17(23)12-22-20(25)28-19(21-22)15-6-4-3-5-7-15/h3-11,13H,12H2,1-2H3/t13-/m0/s1. The summed E-state index contributed by atoms with van der Waals surface area (Å²) in [6.07, 6.45) is -1.02. The topological polar surface area (TPSA) is 101 Å². The maximum absolute atomic E-state index is 12.4. The number of hydrogen-bond donors (Lipinski definition) is 0. The van der Waals surface area contributed by atoms with Gasteiger partial charge in [0, 0.05) is 11.1 Å². The number of ether oxygens (including phenoxy) is 2. The van der Waals surface area contributed by atoms with Crippen molar-refractivity contribution in [3.8, 4) is 17.2 Å². The fourth-order valence-corrected chi connectivity index (χ4v) is 2.50. The monoisotopic (exact) mass is 382 g/mol. The van der Waals surface area contributed by atoms with E-state index in [0.717, 1.165) is 4.68 Å². The molecule has 1 atom stereocenters. The van der Waals surface area contributed by atoms with E-state index >= 15 is 0 Å². The Morgan fingerprint density at radius 1 is 1.11 bits per heavy atom. The molecule has 0 radical (unpaired) electrons. The lowest BCUT2D eigenvalue weighted by Gasteiger charge is -2.12. The molecule has 0 N–H and O–H groups in total. The number of aromatic nitrogens is 2. The Balaban J connectivity index is 1.64.